The van der Waals surface area contributed by atoms with E-state index >= 15 is 0 Å². The second kappa shape index (κ2) is 6.64. The molecule has 0 unspecified atom stereocenters. The normalized spacial score (nSPS) is 53.6. The molecule has 4 fully saturated rings. The molecule has 5 aliphatic rings. The summed E-state index contributed by atoms with van der Waals surface area (Å²) in [6, 6.07) is 0. The molecular formula is C30H50O. The first-order valence-electron chi connectivity index (χ1n) is 13.7. The third-order valence-corrected chi connectivity index (χ3v) is 13.2. The number of fused-ring (bicyclic) bond motifs is 6. The van der Waals surface area contributed by atoms with Crippen LogP contribution in [0.3, 0.4) is 0 Å². The van der Waals surface area contributed by atoms with Crippen molar-refractivity contribution in [2.45, 2.75) is 126 Å². The summed E-state index contributed by atoms with van der Waals surface area (Å²) in [6.07, 6.45) is 13.2. The molecule has 1 heteroatoms. The van der Waals surface area contributed by atoms with E-state index in [1.165, 1.54) is 57.8 Å². The van der Waals surface area contributed by atoms with E-state index in [1.54, 1.807) is 0 Å². The average molecular weight is 427 g/mol. The van der Waals surface area contributed by atoms with Crippen LogP contribution in [0, 0.1) is 50.7 Å². The predicted molar refractivity (Wildman–Crippen MR) is 131 cm³/mol. The lowest BCUT2D eigenvalue weighted by Crippen LogP contribution is -2.63. The molecule has 0 aromatic rings. The zero-order chi connectivity index (χ0) is 22.6. The monoisotopic (exact) mass is 426 g/mol. The molecule has 31 heavy (non-hydrogen) atoms. The Hall–Kier alpha value is -0.300. The van der Waals surface area contributed by atoms with Gasteiger partial charge in [-0.25, -0.2) is 0 Å². The quantitative estimate of drug-likeness (QED) is 0.419. The number of rotatable bonds is 1. The van der Waals surface area contributed by atoms with Crippen LogP contribution in [-0.2, 0) is 0 Å². The van der Waals surface area contributed by atoms with Crippen molar-refractivity contribution in [2.75, 3.05) is 0 Å². The molecule has 1 N–H and O–H groups in total. The minimum Gasteiger partial charge on any atom is -0.393 e. The lowest BCUT2D eigenvalue weighted by atomic mass is 9.34. The molecule has 0 amide bonds. The summed E-state index contributed by atoms with van der Waals surface area (Å²) in [5.74, 6) is 3.18. The third-order valence-electron chi connectivity index (χ3n) is 13.2. The van der Waals surface area contributed by atoms with Crippen molar-refractivity contribution in [3.8, 4) is 0 Å². The van der Waals surface area contributed by atoms with Crippen LogP contribution in [0.5, 0.6) is 0 Å². The SMILES string of the molecule is CC(C)[C@@H]1CCC2=C3CC[C@H]4[C@@]5(C)CC[C@H](O)C(C)(C)[C@@H]5CC[C@]4(C)[C@@]3(C)CC[C@]21C. The first-order chi connectivity index (χ1) is 14.3. The van der Waals surface area contributed by atoms with Crippen LogP contribution in [0.1, 0.15) is 120 Å². The fraction of sp³-hybridized carbons (Fsp3) is 0.933. The summed E-state index contributed by atoms with van der Waals surface area (Å²) in [7, 11) is 0. The highest BCUT2D eigenvalue weighted by molar-refractivity contribution is 5.38. The van der Waals surface area contributed by atoms with Crippen LogP contribution < -0.4 is 0 Å². The molecule has 0 saturated heterocycles. The average Bonchev–Trinajstić information content (AvgIpc) is 3.03. The molecule has 0 aromatic carbocycles. The van der Waals surface area contributed by atoms with E-state index in [1.807, 2.05) is 11.1 Å². The standard InChI is InChI=1S/C30H50O/c1-19(2)20-9-10-21-22-11-12-24-28(6)15-14-25(31)26(3,4)23(28)13-16-30(24,8)29(22,7)18-17-27(20,21)5/h19-20,23-25,31H,9-18H2,1-8H3/t20-,23-,24-,25-,27-,28-,29-,30-/m0/s1. The first-order valence-corrected chi connectivity index (χ1v) is 13.7. The van der Waals surface area contributed by atoms with Gasteiger partial charge < -0.3 is 5.11 Å². The van der Waals surface area contributed by atoms with Crippen molar-refractivity contribution in [2.24, 2.45) is 50.7 Å². The minimum atomic E-state index is -0.117. The zero-order valence-corrected chi connectivity index (χ0v) is 21.9. The number of hydrogen-bond donors (Lipinski definition) is 1. The maximum atomic E-state index is 10.9. The number of aliphatic hydroxyl groups excluding tert-OH is 1. The zero-order valence-electron chi connectivity index (χ0n) is 21.9. The summed E-state index contributed by atoms with van der Waals surface area (Å²) >= 11 is 0. The van der Waals surface area contributed by atoms with E-state index < -0.39 is 0 Å². The molecular weight excluding hydrogens is 376 g/mol. The van der Waals surface area contributed by atoms with Crippen LogP contribution >= 0.6 is 0 Å². The van der Waals surface area contributed by atoms with Gasteiger partial charge in [0.15, 0.2) is 0 Å². The Morgan fingerprint density at radius 1 is 0.742 bits per heavy atom. The minimum absolute atomic E-state index is 0.0645. The summed E-state index contributed by atoms with van der Waals surface area (Å²) < 4.78 is 0. The van der Waals surface area contributed by atoms with Gasteiger partial charge in [-0.3, -0.25) is 0 Å². The van der Waals surface area contributed by atoms with Crippen LogP contribution in [-0.4, -0.2) is 11.2 Å². The van der Waals surface area contributed by atoms with Crippen LogP contribution in [0.15, 0.2) is 11.1 Å². The summed E-state index contributed by atoms with van der Waals surface area (Å²) in [5.41, 5.74) is 5.61. The van der Waals surface area contributed by atoms with Gasteiger partial charge in [0, 0.05) is 0 Å². The molecule has 8 atom stereocenters. The van der Waals surface area contributed by atoms with Gasteiger partial charge in [-0.1, -0.05) is 66.5 Å². The van der Waals surface area contributed by atoms with E-state index in [4.69, 9.17) is 0 Å². The lowest BCUT2D eigenvalue weighted by Gasteiger charge is -2.70. The van der Waals surface area contributed by atoms with Gasteiger partial charge in [-0.15, -0.1) is 0 Å². The predicted octanol–water partition coefficient (Wildman–Crippen LogP) is 8.17. The highest BCUT2D eigenvalue weighted by Crippen LogP contribution is 2.75. The molecule has 4 saturated carbocycles. The van der Waals surface area contributed by atoms with E-state index in [2.05, 4.69) is 55.4 Å². The Labute approximate surface area is 192 Å². The lowest BCUT2D eigenvalue weighted by molar-refractivity contribution is -0.204. The molecule has 5 aliphatic carbocycles. The van der Waals surface area contributed by atoms with Crippen molar-refractivity contribution in [1.82, 2.24) is 0 Å². The topological polar surface area (TPSA) is 20.2 Å². The molecule has 0 aliphatic heterocycles. The van der Waals surface area contributed by atoms with Crippen LogP contribution in [0.2, 0.25) is 0 Å². The molecule has 176 valence electrons. The number of allylic oxidation sites excluding steroid dienone is 2. The summed E-state index contributed by atoms with van der Waals surface area (Å²) in [5, 5.41) is 10.9. The van der Waals surface area contributed by atoms with Crippen molar-refractivity contribution in [3.05, 3.63) is 11.1 Å². The van der Waals surface area contributed by atoms with Gasteiger partial charge in [0.05, 0.1) is 6.10 Å². The van der Waals surface area contributed by atoms with Crippen molar-refractivity contribution in [3.63, 3.8) is 0 Å². The first kappa shape index (κ1) is 22.5. The second-order valence-electron chi connectivity index (χ2n) is 14.6. The van der Waals surface area contributed by atoms with Gasteiger partial charge in [0.1, 0.15) is 0 Å². The largest absolute Gasteiger partial charge is 0.393 e. The smallest absolute Gasteiger partial charge is 0.0594 e. The van der Waals surface area contributed by atoms with Gasteiger partial charge in [-0.05, 0) is 115 Å². The van der Waals surface area contributed by atoms with Crippen LogP contribution in [0.4, 0.5) is 0 Å². The van der Waals surface area contributed by atoms with Crippen molar-refractivity contribution in [1.29, 1.82) is 0 Å². The van der Waals surface area contributed by atoms with E-state index in [-0.39, 0.29) is 11.5 Å². The van der Waals surface area contributed by atoms with Gasteiger partial charge in [0.2, 0.25) is 0 Å². The van der Waals surface area contributed by atoms with Gasteiger partial charge >= 0.3 is 0 Å². The van der Waals surface area contributed by atoms with Gasteiger partial charge in [0.25, 0.3) is 0 Å². The third kappa shape index (κ3) is 2.60. The molecule has 0 heterocycles. The molecule has 5 rings (SSSR count). The molecule has 0 spiro atoms. The molecule has 0 aromatic heterocycles. The van der Waals surface area contributed by atoms with Crippen molar-refractivity contribution < 1.29 is 5.11 Å². The highest BCUT2D eigenvalue weighted by Gasteiger charge is 2.67. The summed E-state index contributed by atoms with van der Waals surface area (Å²) in [6.45, 7) is 20.4. The maximum Gasteiger partial charge on any atom is 0.0594 e. The van der Waals surface area contributed by atoms with Crippen LogP contribution in [0.25, 0.3) is 0 Å². The highest BCUT2D eigenvalue weighted by atomic mass is 16.3. The molecule has 0 radical (unpaired) electrons. The maximum absolute atomic E-state index is 10.9. The van der Waals surface area contributed by atoms with E-state index in [0.717, 1.165) is 24.2 Å². The Kier molecular flexibility index (Phi) is 4.82. The number of hydrogen-bond acceptors (Lipinski definition) is 1. The molecule has 1 nitrogen and oxygen atoms in total. The summed E-state index contributed by atoms with van der Waals surface area (Å²) in [4.78, 5) is 0. The van der Waals surface area contributed by atoms with Crippen molar-refractivity contribution >= 4 is 0 Å². The Bertz CT molecular complexity index is 790. The fourth-order valence-electron chi connectivity index (χ4n) is 11.2. The van der Waals surface area contributed by atoms with Gasteiger partial charge in [-0.2, -0.15) is 0 Å². The van der Waals surface area contributed by atoms with E-state index in [9.17, 15) is 5.11 Å². The second-order valence-corrected chi connectivity index (χ2v) is 14.6. The Balaban J connectivity index is 1.57. The Morgan fingerprint density at radius 3 is 2.10 bits per heavy atom. The van der Waals surface area contributed by atoms with E-state index in [0.29, 0.717) is 27.6 Å². The number of aliphatic hydroxyl groups is 1. The fourth-order valence-corrected chi connectivity index (χ4v) is 11.2. The Morgan fingerprint density at radius 2 is 1.42 bits per heavy atom. The molecule has 0 bridgehead atoms.